The first-order chi connectivity index (χ1) is 10.2. The molecule has 2 rings (SSSR count). The second kappa shape index (κ2) is 6.68. The highest BCUT2D eigenvalue weighted by atomic mass is 32.2. The first-order valence-corrected chi connectivity index (χ1v) is 10.8. The molecule has 0 spiro atoms. The van der Waals surface area contributed by atoms with Crippen LogP contribution in [-0.2, 0) is 24.0 Å². The summed E-state index contributed by atoms with van der Waals surface area (Å²) < 4.78 is 48.7. The van der Waals surface area contributed by atoms with Gasteiger partial charge >= 0.3 is 0 Å². The highest BCUT2D eigenvalue weighted by Crippen LogP contribution is 2.29. The molecule has 7 heteroatoms. The molecule has 1 aromatic carbocycles. The van der Waals surface area contributed by atoms with E-state index in [-0.39, 0.29) is 22.7 Å². The Hall–Kier alpha value is -0.920. The van der Waals surface area contributed by atoms with Gasteiger partial charge in [0.15, 0.2) is 0 Å². The van der Waals surface area contributed by atoms with E-state index in [0.717, 1.165) is 18.4 Å². The first-order valence-electron chi connectivity index (χ1n) is 7.37. The van der Waals surface area contributed by atoms with E-state index in [9.17, 15) is 12.6 Å². The molecule has 1 N–H and O–H groups in total. The Balaban J connectivity index is 1.90. The van der Waals surface area contributed by atoms with E-state index in [2.05, 4.69) is 0 Å². The largest absolute Gasteiger partial charge is 0.296 e. The van der Waals surface area contributed by atoms with Crippen molar-refractivity contribution in [1.29, 1.82) is 4.78 Å². The minimum atomic E-state index is -3.71. The molecular weight excluding hydrogens is 322 g/mol. The molecule has 0 amide bonds. The predicted molar refractivity (Wildman–Crippen MR) is 86.8 cm³/mol. The van der Waals surface area contributed by atoms with Crippen molar-refractivity contribution in [2.24, 2.45) is 5.92 Å². The summed E-state index contributed by atoms with van der Waals surface area (Å²) in [5.41, 5.74) is 0.996. The zero-order valence-corrected chi connectivity index (χ0v) is 14.6. The van der Waals surface area contributed by atoms with Gasteiger partial charge in [0.2, 0.25) is 0 Å². The van der Waals surface area contributed by atoms with Crippen LogP contribution in [-0.4, -0.2) is 30.7 Å². The van der Waals surface area contributed by atoms with Gasteiger partial charge in [0.25, 0.3) is 10.1 Å². The number of hydrogen-bond acceptors (Lipinski definition) is 5. The van der Waals surface area contributed by atoms with Crippen molar-refractivity contribution in [2.45, 2.75) is 42.8 Å². The minimum Gasteiger partial charge on any atom is -0.266 e. The Morgan fingerprint density at radius 1 is 1.09 bits per heavy atom. The van der Waals surface area contributed by atoms with Crippen LogP contribution in [0.25, 0.3) is 0 Å². The zero-order valence-electron chi connectivity index (χ0n) is 12.9. The van der Waals surface area contributed by atoms with Crippen LogP contribution in [0, 0.1) is 17.6 Å². The maximum Gasteiger partial charge on any atom is 0.296 e. The maximum atomic E-state index is 12.1. The molecule has 22 heavy (non-hydrogen) atoms. The van der Waals surface area contributed by atoms with Gasteiger partial charge in [-0.2, -0.15) is 8.42 Å². The normalized spacial score (nSPS) is 25.5. The van der Waals surface area contributed by atoms with Crippen LogP contribution >= 0.6 is 0 Å². The van der Waals surface area contributed by atoms with Crippen LogP contribution in [0.15, 0.2) is 29.2 Å². The van der Waals surface area contributed by atoms with Crippen LogP contribution in [0.3, 0.4) is 0 Å². The molecule has 0 bridgehead atoms. The molecule has 0 heterocycles. The minimum absolute atomic E-state index is 0.0718. The summed E-state index contributed by atoms with van der Waals surface area (Å²) in [6.45, 7) is 2.06. The average molecular weight is 345 g/mol. The van der Waals surface area contributed by atoms with Crippen LogP contribution in [0.1, 0.15) is 31.2 Å². The van der Waals surface area contributed by atoms with Gasteiger partial charge in [-0.05, 0) is 50.7 Å². The van der Waals surface area contributed by atoms with E-state index in [1.165, 1.54) is 6.26 Å². The SMILES string of the molecule is Cc1ccc(S(=O)(=O)OCC2CCC(S(C)(=N)=O)CC2)cc1. The molecule has 1 aromatic rings. The smallest absolute Gasteiger partial charge is 0.266 e. The molecule has 124 valence electrons. The quantitative estimate of drug-likeness (QED) is 0.832. The summed E-state index contributed by atoms with van der Waals surface area (Å²) in [6.07, 6.45) is 4.42. The van der Waals surface area contributed by atoms with Crippen molar-refractivity contribution in [1.82, 2.24) is 0 Å². The fourth-order valence-electron chi connectivity index (χ4n) is 2.71. The van der Waals surface area contributed by atoms with E-state index in [4.69, 9.17) is 8.96 Å². The molecule has 1 fully saturated rings. The van der Waals surface area contributed by atoms with Crippen molar-refractivity contribution in [3.63, 3.8) is 0 Å². The monoisotopic (exact) mass is 345 g/mol. The highest BCUT2D eigenvalue weighted by Gasteiger charge is 2.27. The van der Waals surface area contributed by atoms with Crippen LogP contribution in [0.2, 0.25) is 0 Å². The Morgan fingerprint density at radius 3 is 2.14 bits per heavy atom. The van der Waals surface area contributed by atoms with Gasteiger partial charge < -0.3 is 0 Å². The van der Waals surface area contributed by atoms with E-state index >= 15 is 0 Å². The molecule has 1 saturated carbocycles. The molecule has 5 nitrogen and oxygen atoms in total. The fraction of sp³-hybridized carbons (Fsp3) is 0.600. The molecular formula is C15H23NO4S2. The molecule has 1 aliphatic carbocycles. The maximum absolute atomic E-state index is 12.1. The van der Waals surface area contributed by atoms with E-state index in [1.54, 1.807) is 24.3 Å². The number of rotatable bonds is 5. The van der Waals surface area contributed by atoms with Crippen molar-refractivity contribution >= 4 is 19.8 Å². The first kappa shape index (κ1) is 17.4. The number of hydrogen-bond donors (Lipinski definition) is 1. The average Bonchev–Trinajstić information content (AvgIpc) is 2.45. The molecule has 0 aromatic heterocycles. The molecule has 1 atom stereocenters. The van der Waals surface area contributed by atoms with Gasteiger partial charge in [-0.25, -0.2) is 4.21 Å². The van der Waals surface area contributed by atoms with Crippen molar-refractivity contribution in [3.8, 4) is 0 Å². The summed E-state index contributed by atoms with van der Waals surface area (Å²) in [5.74, 6) is 0.151. The number of nitrogens with one attached hydrogen (secondary N) is 1. The van der Waals surface area contributed by atoms with Crippen molar-refractivity contribution in [2.75, 3.05) is 12.9 Å². The highest BCUT2D eigenvalue weighted by molar-refractivity contribution is 7.92. The predicted octanol–water partition coefficient (Wildman–Crippen LogP) is 2.94. The summed E-state index contributed by atoms with van der Waals surface area (Å²) in [4.78, 5) is 0.175. The number of aryl methyl sites for hydroxylation is 1. The Bertz CT molecular complexity index is 700. The zero-order chi connectivity index (χ0) is 16.4. The van der Waals surface area contributed by atoms with Crippen LogP contribution in [0.4, 0.5) is 0 Å². The lowest BCUT2D eigenvalue weighted by atomic mass is 9.90. The Labute approximate surface area is 133 Å². The van der Waals surface area contributed by atoms with Gasteiger partial charge in [0, 0.05) is 21.2 Å². The Morgan fingerprint density at radius 2 is 1.64 bits per heavy atom. The van der Waals surface area contributed by atoms with E-state index < -0.39 is 19.8 Å². The van der Waals surface area contributed by atoms with Crippen LogP contribution < -0.4 is 0 Å². The van der Waals surface area contributed by atoms with Crippen molar-refractivity contribution in [3.05, 3.63) is 29.8 Å². The summed E-state index contributed by atoms with van der Waals surface area (Å²) in [6, 6.07) is 6.59. The van der Waals surface area contributed by atoms with Crippen LogP contribution in [0.5, 0.6) is 0 Å². The third-order valence-electron chi connectivity index (χ3n) is 4.20. The summed E-state index contributed by atoms with van der Waals surface area (Å²) in [5, 5.41) is -0.0718. The third kappa shape index (κ3) is 4.54. The molecule has 0 saturated heterocycles. The van der Waals surface area contributed by atoms with Gasteiger partial charge in [0.1, 0.15) is 0 Å². The lowest BCUT2D eigenvalue weighted by Crippen LogP contribution is -2.27. The van der Waals surface area contributed by atoms with Gasteiger partial charge in [-0.3, -0.25) is 8.96 Å². The van der Waals surface area contributed by atoms with Crippen molar-refractivity contribution < 1.29 is 16.8 Å². The molecule has 0 radical (unpaired) electrons. The second-order valence-corrected chi connectivity index (χ2v) is 10.2. The second-order valence-electron chi connectivity index (χ2n) is 6.10. The van der Waals surface area contributed by atoms with E-state index in [1.807, 2.05) is 6.92 Å². The fourth-order valence-corrected chi connectivity index (χ4v) is 4.86. The van der Waals surface area contributed by atoms with E-state index in [0.29, 0.717) is 12.8 Å². The topological polar surface area (TPSA) is 84.3 Å². The standard InChI is InChI=1S/C15H23NO4S2/c1-12-3-7-15(8-4-12)22(18,19)20-11-13-5-9-14(10-6-13)21(2,16)17/h3-4,7-8,13-14,16H,5-6,9-11H2,1-2H3. The lowest BCUT2D eigenvalue weighted by molar-refractivity contribution is 0.215. The Kier molecular flexibility index (Phi) is 5.29. The number of benzene rings is 1. The van der Waals surface area contributed by atoms with Gasteiger partial charge in [-0.15, -0.1) is 0 Å². The summed E-state index contributed by atoms with van der Waals surface area (Å²) in [7, 11) is -6.21. The summed E-state index contributed by atoms with van der Waals surface area (Å²) >= 11 is 0. The molecule has 1 aliphatic rings. The van der Waals surface area contributed by atoms with Gasteiger partial charge in [-0.1, -0.05) is 17.7 Å². The van der Waals surface area contributed by atoms with Gasteiger partial charge in [0.05, 0.1) is 11.5 Å². The molecule has 0 aliphatic heterocycles. The third-order valence-corrected chi connectivity index (χ3v) is 7.24. The lowest BCUT2D eigenvalue weighted by Gasteiger charge is -2.28. The molecule has 1 unspecified atom stereocenters.